The molecule has 0 aromatic carbocycles. The number of carboxylic acid groups (broad SMARTS) is 1. The molecule has 1 aliphatic rings. The summed E-state index contributed by atoms with van der Waals surface area (Å²) in [7, 11) is 0. The third-order valence-corrected chi connectivity index (χ3v) is 3.71. The number of amides is 2. The van der Waals surface area contributed by atoms with E-state index >= 15 is 0 Å². The molecule has 2 rings (SSSR count). The Morgan fingerprint density at radius 2 is 2.24 bits per heavy atom. The van der Waals surface area contributed by atoms with Gasteiger partial charge in [-0.15, -0.1) is 11.3 Å². The Hall–Kier alpha value is -1.69. The number of imide groups is 1. The molecule has 0 radical (unpaired) electrons. The normalized spacial score (nSPS) is 20.1. The second-order valence-corrected chi connectivity index (χ2v) is 5.16. The molecule has 2 amide bonds. The minimum absolute atomic E-state index is 0.180. The van der Waals surface area contributed by atoms with Crippen LogP contribution in [0.2, 0.25) is 0 Å². The van der Waals surface area contributed by atoms with Crippen LogP contribution in [0.4, 0.5) is 0 Å². The van der Waals surface area contributed by atoms with Gasteiger partial charge in [0.25, 0.3) is 0 Å². The maximum atomic E-state index is 11.7. The molecule has 1 aliphatic heterocycles. The molecule has 0 bridgehead atoms. The molecule has 0 spiro atoms. The highest BCUT2D eigenvalue weighted by Gasteiger charge is 2.35. The van der Waals surface area contributed by atoms with Gasteiger partial charge in [0.05, 0.1) is 6.54 Å². The third-order valence-electron chi connectivity index (χ3n) is 2.66. The summed E-state index contributed by atoms with van der Waals surface area (Å²) in [6, 6.07) is 3.12. The highest BCUT2D eigenvalue weighted by Crippen LogP contribution is 2.24. The number of hydrogen-bond donors (Lipinski definition) is 1. The molecule has 90 valence electrons. The van der Waals surface area contributed by atoms with Crippen LogP contribution in [0.5, 0.6) is 0 Å². The average Bonchev–Trinajstić information content (AvgIpc) is 2.80. The first-order valence-electron chi connectivity index (χ1n) is 5.15. The Kier molecular flexibility index (Phi) is 2.97. The predicted octanol–water partition coefficient (Wildman–Crippen LogP) is 1.34. The third kappa shape index (κ3) is 2.21. The number of rotatable bonds is 3. The predicted molar refractivity (Wildman–Crippen MR) is 60.6 cm³/mol. The Balaban J connectivity index is 2.13. The van der Waals surface area contributed by atoms with E-state index in [2.05, 4.69) is 0 Å². The lowest BCUT2D eigenvalue weighted by Crippen LogP contribution is -2.29. The van der Waals surface area contributed by atoms with Crippen LogP contribution in [-0.2, 0) is 16.1 Å². The van der Waals surface area contributed by atoms with Crippen LogP contribution in [0.15, 0.2) is 12.1 Å². The molecular weight excluding hydrogens is 242 g/mol. The van der Waals surface area contributed by atoms with Gasteiger partial charge in [-0.2, -0.15) is 0 Å². The number of carboxylic acids is 1. The molecule has 17 heavy (non-hydrogen) atoms. The molecule has 1 N–H and O–H groups in total. The van der Waals surface area contributed by atoms with Crippen molar-refractivity contribution in [3.8, 4) is 0 Å². The van der Waals surface area contributed by atoms with Crippen LogP contribution in [0, 0.1) is 5.92 Å². The van der Waals surface area contributed by atoms with E-state index < -0.39 is 5.97 Å². The lowest BCUT2D eigenvalue weighted by Gasteiger charge is -2.12. The fourth-order valence-corrected chi connectivity index (χ4v) is 2.58. The van der Waals surface area contributed by atoms with Crippen LogP contribution < -0.4 is 0 Å². The Labute approximate surface area is 102 Å². The lowest BCUT2D eigenvalue weighted by molar-refractivity contribution is -0.139. The van der Waals surface area contributed by atoms with Gasteiger partial charge in [0.15, 0.2) is 0 Å². The molecule has 1 aromatic rings. The standard InChI is InChI=1S/C11H11NO4S/c1-6-4-9(13)12(10(6)14)5-7-2-3-8(17-7)11(15)16/h2-3,6H,4-5H2,1H3,(H,15,16). The minimum atomic E-state index is -0.992. The average molecular weight is 253 g/mol. The first-order chi connectivity index (χ1) is 7.99. The Bertz CT molecular complexity index is 493. The van der Waals surface area contributed by atoms with E-state index in [1.165, 1.54) is 11.0 Å². The smallest absolute Gasteiger partial charge is 0.345 e. The SMILES string of the molecule is CC1CC(=O)N(Cc2ccc(C(=O)O)s2)C1=O. The van der Waals surface area contributed by atoms with Gasteiger partial charge in [0.2, 0.25) is 11.8 Å². The molecule has 2 heterocycles. The zero-order chi connectivity index (χ0) is 12.6. The highest BCUT2D eigenvalue weighted by atomic mass is 32.1. The van der Waals surface area contributed by atoms with E-state index in [9.17, 15) is 14.4 Å². The van der Waals surface area contributed by atoms with Gasteiger partial charge in [-0.05, 0) is 12.1 Å². The molecule has 1 saturated heterocycles. The van der Waals surface area contributed by atoms with E-state index in [0.29, 0.717) is 4.88 Å². The first kappa shape index (κ1) is 11.8. The van der Waals surface area contributed by atoms with Crippen LogP contribution in [0.25, 0.3) is 0 Å². The Morgan fingerprint density at radius 3 is 2.71 bits per heavy atom. The maximum Gasteiger partial charge on any atom is 0.345 e. The quantitative estimate of drug-likeness (QED) is 0.825. The summed E-state index contributed by atoms with van der Waals surface area (Å²) in [5, 5.41) is 8.77. The van der Waals surface area contributed by atoms with Crippen molar-refractivity contribution >= 4 is 29.1 Å². The molecule has 1 aromatic heterocycles. The molecule has 1 atom stereocenters. The van der Waals surface area contributed by atoms with Crippen molar-refractivity contribution < 1.29 is 19.5 Å². The molecule has 0 saturated carbocycles. The van der Waals surface area contributed by atoms with E-state index in [1.807, 2.05) is 0 Å². The summed E-state index contributed by atoms with van der Waals surface area (Å²) in [6.45, 7) is 1.90. The summed E-state index contributed by atoms with van der Waals surface area (Å²) < 4.78 is 0. The summed E-state index contributed by atoms with van der Waals surface area (Å²) in [5.74, 6) is -1.62. The number of nitrogens with zero attached hydrogens (tertiary/aromatic N) is 1. The second-order valence-electron chi connectivity index (χ2n) is 3.99. The number of hydrogen-bond acceptors (Lipinski definition) is 4. The summed E-state index contributed by atoms with van der Waals surface area (Å²) in [5.41, 5.74) is 0. The molecule has 0 aliphatic carbocycles. The fourth-order valence-electron chi connectivity index (χ4n) is 1.75. The van der Waals surface area contributed by atoms with Crippen LogP contribution >= 0.6 is 11.3 Å². The molecule has 5 nitrogen and oxygen atoms in total. The van der Waals surface area contributed by atoms with Crippen molar-refractivity contribution in [1.29, 1.82) is 0 Å². The summed E-state index contributed by atoms with van der Waals surface area (Å²) in [4.78, 5) is 36.0. The van der Waals surface area contributed by atoms with E-state index in [-0.39, 0.29) is 35.6 Å². The molecule has 6 heteroatoms. The lowest BCUT2D eigenvalue weighted by atomic mass is 10.1. The van der Waals surface area contributed by atoms with Gasteiger partial charge < -0.3 is 5.11 Å². The summed E-state index contributed by atoms with van der Waals surface area (Å²) >= 11 is 1.09. The molecule has 1 fully saturated rings. The molecular formula is C11H11NO4S. The van der Waals surface area contributed by atoms with Crippen molar-refractivity contribution in [1.82, 2.24) is 4.90 Å². The number of thiophene rings is 1. The van der Waals surface area contributed by atoms with Gasteiger partial charge in [-0.3, -0.25) is 14.5 Å². The molecule has 1 unspecified atom stereocenters. The zero-order valence-corrected chi connectivity index (χ0v) is 9.99. The maximum absolute atomic E-state index is 11.7. The van der Waals surface area contributed by atoms with Crippen molar-refractivity contribution in [2.24, 2.45) is 5.92 Å². The number of carbonyl (C=O) groups is 3. The van der Waals surface area contributed by atoms with Gasteiger partial charge in [0, 0.05) is 17.2 Å². The Morgan fingerprint density at radius 1 is 1.53 bits per heavy atom. The van der Waals surface area contributed by atoms with E-state index in [4.69, 9.17) is 5.11 Å². The monoisotopic (exact) mass is 253 g/mol. The number of carbonyl (C=O) groups excluding carboxylic acids is 2. The second kappa shape index (κ2) is 4.29. The van der Waals surface area contributed by atoms with Gasteiger partial charge >= 0.3 is 5.97 Å². The van der Waals surface area contributed by atoms with E-state index in [1.54, 1.807) is 13.0 Å². The highest BCUT2D eigenvalue weighted by molar-refractivity contribution is 7.13. The van der Waals surface area contributed by atoms with Gasteiger partial charge in [-0.25, -0.2) is 4.79 Å². The van der Waals surface area contributed by atoms with E-state index in [0.717, 1.165) is 11.3 Å². The minimum Gasteiger partial charge on any atom is -0.477 e. The van der Waals surface area contributed by atoms with Crippen molar-refractivity contribution in [2.45, 2.75) is 19.9 Å². The van der Waals surface area contributed by atoms with Crippen molar-refractivity contribution in [2.75, 3.05) is 0 Å². The fraction of sp³-hybridized carbons (Fsp3) is 0.364. The first-order valence-corrected chi connectivity index (χ1v) is 5.97. The van der Waals surface area contributed by atoms with Crippen molar-refractivity contribution in [3.63, 3.8) is 0 Å². The number of likely N-dealkylation sites (tertiary alicyclic amines) is 1. The zero-order valence-electron chi connectivity index (χ0n) is 9.17. The van der Waals surface area contributed by atoms with Crippen LogP contribution in [0.1, 0.15) is 27.9 Å². The number of aromatic carboxylic acids is 1. The summed E-state index contributed by atoms with van der Waals surface area (Å²) in [6.07, 6.45) is 0.246. The van der Waals surface area contributed by atoms with Gasteiger partial charge in [-0.1, -0.05) is 6.92 Å². The van der Waals surface area contributed by atoms with Crippen LogP contribution in [0.3, 0.4) is 0 Å². The van der Waals surface area contributed by atoms with Crippen LogP contribution in [-0.4, -0.2) is 27.8 Å². The van der Waals surface area contributed by atoms with Gasteiger partial charge in [0.1, 0.15) is 4.88 Å². The van der Waals surface area contributed by atoms with Crippen molar-refractivity contribution in [3.05, 3.63) is 21.9 Å². The largest absolute Gasteiger partial charge is 0.477 e. The topological polar surface area (TPSA) is 74.7 Å².